The second-order valence-corrected chi connectivity index (χ2v) is 5.63. The fraction of sp³-hybridized carbons (Fsp3) is 0.875. The molecule has 0 aromatic rings. The van der Waals surface area contributed by atoms with Crippen LogP contribution in [0.2, 0.25) is 0 Å². The number of quaternary nitrogens is 1. The Morgan fingerprint density at radius 2 is 1.00 bits per heavy atom. The van der Waals surface area contributed by atoms with E-state index in [2.05, 4.69) is 27.7 Å². The van der Waals surface area contributed by atoms with Crippen LogP contribution in [0.25, 0.3) is 0 Å². The van der Waals surface area contributed by atoms with Gasteiger partial charge in [0.05, 0.1) is 26.2 Å². The summed E-state index contributed by atoms with van der Waals surface area (Å²) in [4.78, 5) is 19.5. The molecule has 5 nitrogen and oxygen atoms in total. The van der Waals surface area contributed by atoms with Gasteiger partial charge in [0.1, 0.15) is 0 Å². The molecule has 0 heterocycles. The Hall–Kier alpha value is -1.10. The molecule has 5 heteroatoms. The number of aliphatic carboxylic acids is 2. The summed E-state index contributed by atoms with van der Waals surface area (Å²) < 4.78 is 1.38. The highest BCUT2D eigenvalue weighted by Crippen LogP contribution is 2.12. The number of carboxylic acids is 2. The van der Waals surface area contributed by atoms with E-state index in [0.717, 1.165) is 6.92 Å². The zero-order chi connectivity index (χ0) is 16.9. The molecule has 0 atom stereocenters. The summed E-state index contributed by atoms with van der Waals surface area (Å²) in [6, 6.07) is 0. The van der Waals surface area contributed by atoms with Gasteiger partial charge in [-0.3, -0.25) is 9.59 Å². The second-order valence-electron chi connectivity index (χ2n) is 5.63. The molecular weight excluding hydrogens is 270 g/mol. The Morgan fingerprint density at radius 3 is 1.10 bits per heavy atom. The average Bonchev–Trinajstić information content (AvgIpc) is 2.39. The van der Waals surface area contributed by atoms with Crippen LogP contribution in [0.1, 0.15) is 60.3 Å². The van der Waals surface area contributed by atoms with E-state index in [4.69, 9.17) is 10.2 Å². The Balaban J connectivity index is 0. The van der Waals surface area contributed by atoms with E-state index in [1.165, 1.54) is 56.3 Å². The lowest BCUT2D eigenvalue weighted by Crippen LogP contribution is -2.50. The van der Waals surface area contributed by atoms with Crippen LogP contribution in [0.3, 0.4) is 0 Å². The van der Waals surface area contributed by atoms with Gasteiger partial charge >= 0.3 is 11.9 Å². The van der Waals surface area contributed by atoms with Gasteiger partial charge in [0.2, 0.25) is 0 Å². The molecule has 0 aromatic carbocycles. The minimum Gasteiger partial charge on any atom is -0.481 e. The molecule has 0 bridgehead atoms. The summed E-state index contributed by atoms with van der Waals surface area (Å²) in [5.74, 6) is -3.91. The lowest BCUT2D eigenvalue weighted by molar-refractivity contribution is -0.928. The third-order valence-electron chi connectivity index (χ3n) is 3.53. The first kappa shape index (κ1) is 22.2. The van der Waals surface area contributed by atoms with E-state index in [-0.39, 0.29) is 0 Å². The maximum absolute atomic E-state index is 9.76. The SMILES string of the molecule is CC(C(=O)O)C(=O)O.CCC[N+](CCC)(CCC)CCC. The van der Waals surface area contributed by atoms with Crippen LogP contribution in [0, 0.1) is 5.92 Å². The van der Waals surface area contributed by atoms with Crippen LogP contribution >= 0.6 is 0 Å². The third-order valence-corrected chi connectivity index (χ3v) is 3.53. The van der Waals surface area contributed by atoms with Crippen molar-refractivity contribution in [1.82, 2.24) is 0 Å². The molecular formula is C16H34NO4+. The fourth-order valence-electron chi connectivity index (χ4n) is 2.67. The highest BCUT2D eigenvalue weighted by atomic mass is 16.4. The first-order chi connectivity index (χ1) is 9.80. The van der Waals surface area contributed by atoms with Gasteiger partial charge in [0, 0.05) is 0 Å². The van der Waals surface area contributed by atoms with Crippen LogP contribution in [0.4, 0.5) is 0 Å². The molecule has 0 amide bonds. The van der Waals surface area contributed by atoms with E-state index in [1.807, 2.05) is 0 Å². The maximum Gasteiger partial charge on any atom is 0.317 e. The molecule has 0 aliphatic carbocycles. The number of nitrogens with zero attached hydrogens (tertiary/aromatic N) is 1. The first-order valence-electron chi connectivity index (χ1n) is 8.10. The number of hydrogen-bond donors (Lipinski definition) is 2. The fourth-order valence-corrected chi connectivity index (χ4v) is 2.67. The van der Waals surface area contributed by atoms with Crippen molar-refractivity contribution in [3.63, 3.8) is 0 Å². The molecule has 126 valence electrons. The van der Waals surface area contributed by atoms with Crippen molar-refractivity contribution in [1.29, 1.82) is 0 Å². The maximum atomic E-state index is 9.76. The molecule has 2 N–H and O–H groups in total. The first-order valence-corrected chi connectivity index (χ1v) is 8.10. The van der Waals surface area contributed by atoms with Gasteiger partial charge in [-0.05, 0) is 32.6 Å². The van der Waals surface area contributed by atoms with Gasteiger partial charge in [0.15, 0.2) is 5.92 Å². The van der Waals surface area contributed by atoms with Crippen molar-refractivity contribution in [2.75, 3.05) is 26.2 Å². The minimum atomic E-state index is -1.31. The Morgan fingerprint density at radius 1 is 0.762 bits per heavy atom. The number of carboxylic acid groups (broad SMARTS) is 2. The van der Waals surface area contributed by atoms with Crippen LogP contribution in [-0.2, 0) is 9.59 Å². The second kappa shape index (κ2) is 12.6. The summed E-state index contributed by atoms with van der Waals surface area (Å²) >= 11 is 0. The molecule has 0 saturated heterocycles. The average molecular weight is 304 g/mol. The highest BCUT2D eigenvalue weighted by molar-refractivity contribution is 5.92. The van der Waals surface area contributed by atoms with Gasteiger partial charge in [-0.25, -0.2) is 0 Å². The molecule has 0 spiro atoms. The number of hydrogen-bond acceptors (Lipinski definition) is 2. The van der Waals surface area contributed by atoms with E-state index in [1.54, 1.807) is 0 Å². The zero-order valence-electron chi connectivity index (χ0n) is 14.4. The number of carbonyl (C=O) groups is 2. The third kappa shape index (κ3) is 10.3. The van der Waals surface area contributed by atoms with Crippen LogP contribution in [-0.4, -0.2) is 52.8 Å². The smallest absolute Gasteiger partial charge is 0.317 e. The van der Waals surface area contributed by atoms with Gasteiger partial charge in [0.25, 0.3) is 0 Å². The summed E-state index contributed by atoms with van der Waals surface area (Å²) in [7, 11) is 0. The highest BCUT2D eigenvalue weighted by Gasteiger charge is 2.22. The van der Waals surface area contributed by atoms with Crippen LogP contribution in [0.5, 0.6) is 0 Å². The molecule has 0 aromatic heterocycles. The summed E-state index contributed by atoms with van der Waals surface area (Å²) in [6.07, 6.45) is 5.33. The van der Waals surface area contributed by atoms with Crippen molar-refractivity contribution in [2.24, 2.45) is 5.92 Å². The summed E-state index contributed by atoms with van der Waals surface area (Å²) in [5.41, 5.74) is 0. The van der Waals surface area contributed by atoms with Gasteiger partial charge in [-0.1, -0.05) is 27.7 Å². The van der Waals surface area contributed by atoms with Crippen molar-refractivity contribution in [3.8, 4) is 0 Å². The van der Waals surface area contributed by atoms with E-state index in [9.17, 15) is 9.59 Å². The zero-order valence-corrected chi connectivity index (χ0v) is 14.4. The monoisotopic (exact) mass is 304 g/mol. The largest absolute Gasteiger partial charge is 0.481 e. The molecule has 0 rings (SSSR count). The predicted octanol–water partition coefficient (Wildman–Crippen LogP) is 3.23. The lowest BCUT2D eigenvalue weighted by atomic mass is 10.2. The van der Waals surface area contributed by atoms with Crippen molar-refractivity contribution < 1.29 is 24.3 Å². The van der Waals surface area contributed by atoms with Crippen molar-refractivity contribution >= 4 is 11.9 Å². The Labute approximate surface area is 129 Å². The molecule has 21 heavy (non-hydrogen) atoms. The normalized spacial score (nSPS) is 11.0. The predicted molar refractivity (Wildman–Crippen MR) is 85.3 cm³/mol. The molecule has 0 aliphatic heterocycles. The van der Waals surface area contributed by atoms with E-state index < -0.39 is 17.9 Å². The van der Waals surface area contributed by atoms with Crippen molar-refractivity contribution in [3.05, 3.63) is 0 Å². The molecule has 0 fully saturated rings. The Kier molecular flexibility index (Phi) is 13.3. The topological polar surface area (TPSA) is 74.6 Å². The molecule has 0 unspecified atom stereocenters. The van der Waals surface area contributed by atoms with E-state index >= 15 is 0 Å². The summed E-state index contributed by atoms with van der Waals surface area (Å²) in [6.45, 7) is 15.9. The van der Waals surface area contributed by atoms with Crippen molar-refractivity contribution in [2.45, 2.75) is 60.3 Å². The standard InChI is InChI=1S/C12H28N.C4H6O4/c1-5-9-13(10-6-2,11-7-3)12-8-4;1-2(3(5)6)4(7)8/h5-12H2,1-4H3;2H,1H3,(H,5,6)(H,7,8)/q+1;. The minimum absolute atomic E-state index is 1.12. The van der Waals surface area contributed by atoms with Gasteiger partial charge < -0.3 is 14.7 Å². The quantitative estimate of drug-likeness (QED) is 0.480. The number of rotatable bonds is 10. The van der Waals surface area contributed by atoms with Gasteiger partial charge in [-0.2, -0.15) is 0 Å². The van der Waals surface area contributed by atoms with E-state index in [0.29, 0.717) is 0 Å². The molecule has 0 aliphatic rings. The Bertz CT molecular complexity index is 248. The molecule has 0 saturated carbocycles. The van der Waals surface area contributed by atoms with Crippen LogP contribution < -0.4 is 0 Å². The lowest BCUT2D eigenvalue weighted by Gasteiger charge is -2.38. The van der Waals surface area contributed by atoms with Gasteiger partial charge in [-0.15, -0.1) is 0 Å². The molecule has 0 radical (unpaired) electrons. The summed E-state index contributed by atoms with van der Waals surface area (Å²) in [5, 5.41) is 15.9. The van der Waals surface area contributed by atoms with Crippen LogP contribution in [0.15, 0.2) is 0 Å².